The van der Waals surface area contributed by atoms with Crippen LogP contribution in [0.1, 0.15) is 12.5 Å². The number of ether oxygens (including phenoxy) is 1. The molecule has 0 aliphatic carbocycles. The fourth-order valence-corrected chi connectivity index (χ4v) is 2.34. The van der Waals surface area contributed by atoms with Gasteiger partial charge in [0.2, 0.25) is 4.77 Å². The van der Waals surface area contributed by atoms with Crippen LogP contribution < -0.4 is 10.2 Å². The third-order valence-corrected chi connectivity index (χ3v) is 3.20. The molecule has 0 spiro atoms. The molecule has 1 aromatic heterocycles. The van der Waals surface area contributed by atoms with E-state index in [1.165, 1.54) is 0 Å². The number of hydrogen-bond acceptors (Lipinski definition) is 4. The van der Waals surface area contributed by atoms with E-state index in [9.17, 15) is 0 Å². The van der Waals surface area contributed by atoms with Crippen molar-refractivity contribution in [2.45, 2.75) is 13.5 Å². The lowest BCUT2D eigenvalue weighted by Crippen LogP contribution is -2.13. The second kappa shape index (κ2) is 6.27. The van der Waals surface area contributed by atoms with Gasteiger partial charge in [0.1, 0.15) is 6.33 Å². The van der Waals surface area contributed by atoms with E-state index < -0.39 is 0 Å². The van der Waals surface area contributed by atoms with Gasteiger partial charge in [0.25, 0.3) is 0 Å². The maximum Gasteiger partial charge on any atom is 0.214 e. The van der Waals surface area contributed by atoms with Crippen molar-refractivity contribution in [2.24, 2.45) is 0 Å². The Morgan fingerprint density at radius 1 is 1.42 bits per heavy atom. The molecule has 0 fully saturated rings. The summed E-state index contributed by atoms with van der Waals surface area (Å²) in [6.07, 6.45) is 1.56. The van der Waals surface area contributed by atoms with Gasteiger partial charge in [0.05, 0.1) is 23.2 Å². The zero-order valence-corrected chi connectivity index (χ0v) is 12.4. The third kappa shape index (κ3) is 3.40. The molecule has 0 atom stereocenters. The first-order valence-corrected chi connectivity index (χ1v) is 6.75. The van der Waals surface area contributed by atoms with Gasteiger partial charge in [0.15, 0.2) is 5.75 Å². The highest BCUT2D eigenvalue weighted by molar-refractivity contribution is 7.71. The number of halogens is 2. The minimum atomic E-state index is 0.488. The number of nitrogens with one attached hydrogen (secondary N) is 2. The molecule has 0 amide bonds. The summed E-state index contributed by atoms with van der Waals surface area (Å²) in [5, 5.41) is 7.43. The number of nitrogens with zero attached hydrogens (tertiary/aromatic N) is 2. The van der Waals surface area contributed by atoms with Gasteiger partial charge in [-0.15, -0.1) is 0 Å². The van der Waals surface area contributed by atoms with Crippen molar-refractivity contribution in [1.29, 1.82) is 0 Å². The number of aromatic amines is 1. The Kier molecular flexibility index (Phi) is 4.68. The van der Waals surface area contributed by atoms with Crippen LogP contribution in [0.25, 0.3) is 0 Å². The van der Waals surface area contributed by atoms with Crippen LogP contribution in [0.2, 0.25) is 10.0 Å². The van der Waals surface area contributed by atoms with E-state index in [1.807, 2.05) is 6.92 Å². The van der Waals surface area contributed by atoms with Crippen molar-refractivity contribution in [3.05, 3.63) is 38.8 Å². The predicted molar refractivity (Wildman–Crippen MR) is 78.1 cm³/mol. The van der Waals surface area contributed by atoms with Crippen molar-refractivity contribution >= 4 is 35.4 Å². The molecule has 0 saturated carbocycles. The first-order chi connectivity index (χ1) is 9.11. The molecule has 0 aliphatic rings. The molecule has 102 valence electrons. The molecule has 2 aromatic rings. The average molecular weight is 319 g/mol. The van der Waals surface area contributed by atoms with Crippen molar-refractivity contribution in [2.75, 3.05) is 12.0 Å². The molecule has 8 heteroatoms. The number of H-pyrrole nitrogens is 1. The molecule has 2 rings (SSSR count). The van der Waals surface area contributed by atoms with Gasteiger partial charge in [-0.25, -0.2) is 4.68 Å². The molecule has 0 radical (unpaired) electrons. The maximum atomic E-state index is 6.12. The van der Waals surface area contributed by atoms with Crippen LogP contribution >= 0.6 is 35.4 Å². The van der Waals surface area contributed by atoms with Crippen LogP contribution in [0.5, 0.6) is 5.75 Å². The lowest BCUT2D eigenvalue weighted by atomic mass is 10.2. The second-order valence-corrected chi connectivity index (χ2v) is 4.89. The van der Waals surface area contributed by atoms with Crippen LogP contribution in [0, 0.1) is 4.77 Å². The van der Waals surface area contributed by atoms with Crippen LogP contribution in [0.4, 0.5) is 0 Å². The van der Waals surface area contributed by atoms with Gasteiger partial charge in [-0.05, 0) is 36.8 Å². The SMILES string of the molecule is CCOc1c(Cl)cc(CNn2cn[nH]c2=S)cc1Cl. The number of rotatable bonds is 5. The summed E-state index contributed by atoms with van der Waals surface area (Å²) in [7, 11) is 0. The summed E-state index contributed by atoms with van der Waals surface area (Å²) < 4.78 is 7.46. The quantitative estimate of drug-likeness (QED) is 0.830. The third-order valence-electron chi connectivity index (χ3n) is 2.35. The topological polar surface area (TPSA) is 54.9 Å². The van der Waals surface area contributed by atoms with Crippen LogP contribution in [0.3, 0.4) is 0 Å². The standard InChI is InChI=1S/C11H12Cl2N4OS/c1-2-18-10-8(12)3-7(4-9(10)13)5-15-17-6-14-16-11(17)19/h3-4,6,15H,2,5H2,1H3,(H,16,19). The fourth-order valence-electron chi connectivity index (χ4n) is 1.53. The highest BCUT2D eigenvalue weighted by atomic mass is 35.5. The Bertz CT molecular complexity index is 602. The highest BCUT2D eigenvalue weighted by Gasteiger charge is 2.09. The summed E-state index contributed by atoms with van der Waals surface area (Å²) in [6.45, 7) is 2.91. The van der Waals surface area contributed by atoms with E-state index in [0.29, 0.717) is 33.7 Å². The molecule has 0 unspecified atom stereocenters. The van der Waals surface area contributed by atoms with Crippen LogP contribution in [0.15, 0.2) is 18.5 Å². The Morgan fingerprint density at radius 2 is 2.11 bits per heavy atom. The summed E-state index contributed by atoms with van der Waals surface area (Å²) in [6, 6.07) is 3.60. The highest BCUT2D eigenvalue weighted by Crippen LogP contribution is 2.34. The summed E-state index contributed by atoms with van der Waals surface area (Å²) in [4.78, 5) is 0. The first-order valence-electron chi connectivity index (χ1n) is 5.58. The zero-order chi connectivity index (χ0) is 13.8. The molecule has 19 heavy (non-hydrogen) atoms. The monoisotopic (exact) mass is 318 g/mol. The Balaban J connectivity index is 2.14. The van der Waals surface area contributed by atoms with E-state index in [4.69, 9.17) is 40.2 Å². The Labute approximate surface area is 125 Å². The van der Waals surface area contributed by atoms with Gasteiger partial charge in [-0.3, -0.25) is 5.10 Å². The first kappa shape index (κ1) is 14.2. The summed E-state index contributed by atoms with van der Waals surface area (Å²) in [5.74, 6) is 0.509. The van der Waals surface area contributed by atoms with E-state index in [2.05, 4.69) is 15.6 Å². The lowest BCUT2D eigenvalue weighted by Gasteiger charge is -2.11. The van der Waals surface area contributed by atoms with Gasteiger partial charge in [-0.2, -0.15) is 5.10 Å². The van der Waals surface area contributed by atoms with Gasteiger partial charge < -0.3 is 10.2 Å². The normalized spacial score (nSPS) is 10.5. The number of aromatic nitrogens is 3. The molecule has 1 heterocycles. The van der Waals surface area contributed by atoms with Crippen molar-refractivity contribution in [3.8, 4) is 5.75 Å². The number of benzene rings is 1. The van der Waals surface area contributed by atoms with E-state index in [-0.39, 0.29) is 0 Å². The second-order valence-electron chi connectivity index (χ2n) is 3.69. The van der Waals surface area contributed by atoms with Gasteiger partial charge >= 0.3 is 0 Å². The zero-order valence-electron chi connectivity index (χ0n) is 10.1. The minimum absolute atomic E-state index is 0.488. The van der Waals surface area contributed by atoms with Crippen molar-refractivity contribution in [3.63, 3.8) is 0 Å². The van der Waals surface area contributed by atoms with Crippen LogP contribution in [-0.4, -0.2) is 21.5 Å². The predicted octanol–water partition coefficient (Wildman–Crippen LogP) is 3.39. The van der Waals surface area contributed by atoms with E-state index >= 15 is 0 Å². The van der Waals surface area contributed by atoms with Crippen molar-refractivity contribution < 1.29 is 4.74 Å². The molecular formula is C11H12Cl2N4OS. The maximum absolute atomic E-state index is 6.12. The molecule has 0 aliphatic heterocycles. The fraction of sp³-hybridized carbons (Fsp3) is 0.273. The molecule has 1 aromatic carbocycles. The Morgan fingerprint density at radius 3 is 2.63 bits per heavy atom. The molecule has 2 N–H and O–H groups in total. The molecule has 0 bridgehead atoms. The van der Waals surface area contributed by atoms with Gasteiger partial charge in [-0.1, -0.05) is 23.2 Å². The summed E-state index contributed by atoms with van der Waals surface area (Å²) in [5.41, 5.74) is 3.99. The van der Waals surface area contributed by atoms with E-state index in [0.717, 1.165) is 5.56 Å². The largest absolute Gasteiger partial charge is 0.491 e. The van der Waals surface area contributed by atoms with Crippen LogP contribution in [-0.2, 0) is 6.54 Å². The van der Waals surface area contributed by atoms with Crippen molar-refractivity contribution in [1.82, 2.24) is 14.9 Å². The molecule has 5 nitrogen and oxygen atoms in total. The molecule has 0 saturated heterocycles. The lowest BCUT2D eigenvalue weighted by molar-refractivity contribution is 0.340. The average Bonchev–Trinajstić information content (AvgIpc) is 2.77. The smallest absolute Gasteiger partial charge is 0.214 e. The van der Waals surface area contributed by atoms with Gasteiger partial charge in [0, 0.05) is 0 Å². The Hall–Kier alpha value is -1.24. The van der Waals surface area contributed by atoms with E-state index in [1.54, 1.807) is 23.1 Å². The number of hydrogen-bond donors (Lipinski definition) is 2. The summed E-state index contributed by atoms with van der Waals surface area (Å²) >= 11 is 17.3. The molecular weight excluding hydrogens is 307 g/mol. The minimum Gasteiger partial charge on any atom is -0.491 e.